The van der Waals surface area contributed by atoms with E-state index in [0.29, 0.717) is 12.2 Å². The average Bonchev–Trinajstić information content (AvgIpc) is 2.81. The van der Waals surface area contributed by atoms with Crippen LogP contribution in [0.15, 0.2) is 46.9 Å². The molecule has 1 heterocycles. The Bertz CT molecular complexity index is 557. The van der Waals surface area contributed by atoms with Crippen molar-refractivity contribution in [1.29, 1.82) is 0 Å². The summed E-state index contributed by atoms with van der Waals surface area (Å²) in [5, 5.41) is 3.11. The first-order valence-electron chi connectivity index (χ1n) is 6.16. The highest BCUT2D eigenvalue weighted by Gasteiger charge is 2.22. The van der Waals surface area contributed by atoms with E-state index >= 15 is 0 Å². The van der Waals surface area contributed by atoms with Crippen LogP contribution in [0, 0.1) is 5.82 Å². The number of anilines is 1. The molecule has 2 aromatic carbocycles. The standard InChI is InChI=1S/C15H13BrFNO/c16-12-5-3-6-13(17)15(12)18-9-11-8-10-4-1-2-7-14(10)19-11/h1-7,11,18H,8-9H2. The van der Waals surface area contributed by atoms with Crippen molar-refractivity contribution in [3.05, 3.63) is 58.3 Å². The highest BCUT2D eigenvalue weighted by molar-refractivity contribution is 9.10. The quantitative estimate of drug-likeness (QED) is 0.922. The van der Waals surface area contributed by atoms with Gasteiger partial charge in [-0.2, -0.15) is 0 Å². The Morgan fingerprint density at radius 3 is 2.84 bits per heavy atom. The lowest BCUT2D eigenvalue weighted by atomic mass is 10.1. The van der Waals surface area contributed by atoms with Crippen LogP contribution in [0.25, 0.3) is 0 Å². The monoisotopic (exact) mass is 321 g/mol. The predicted molar refractivity (Wildman–Crippen MR) is 77.2 cm³/mol. The fourth-order valence-corrected chi connectivity index (χ4v) is 2.73. The maximum absolute atomic E-state index is 13.7. The molecular weight excluding hydrogens is 309 g/mol. The minimum Gasteiger partial charge on any atom is -0.488 e. The van der Waals surface area contributed by atoms with E-state index in [2.05, 4.69) is 27.3 Å². The van der Waals surface area contributed by atoms with Gasteiger partial charge in [0, 0.05) is 10.9 Å². The Morgan fingerprint density at radius 2 is 2.05 bits per heavy atom. The molecule has 0 fully saturated rings. The normalized spacial score (nSPS) is 16.8. The second kappa shape index (κ2) is 5.21. The van der Waals surface area contributed by atoms with Crippen LogP contribution >= 0.6 is 15.9 Å². The molecule has 0 saturated heterocycles. The first-order chi connectivity index (χ1) is 9.24. The molecule has 19 heavy (non-hydrogen) atoms. The Kier molecular flexibility index (Phi) is 3.42. The Balaban J connectivity index is 1.66. The molecule has 3 rings (SSSR count). The van der Waals surface area contributed by atoms with Crippen LogP contribution < -0.4 is 10.1 Å². The molecule has 1 N–H and O–H groups in total. The van der Waals surface area contributed by atoms with Gasteiger partial charge in [0.25, 0.3) is 0 Å². The molecule has 1 aliphatic rings. The number of hydrogen-bond acceptors (Lipinski definition) is 2. The molecule has 0 radical (unpaired) electrons. The molecule has 0 aliphatic carbocycles. The van der Waals surface area contributed by atoms with Crippen LogP contribution in [0.4, 0.5) is 10.1 Å². The van der Waals surface area contributed by atoms with Crippen molar-refractivity contribution < 1.29 is 9.13 Å². The van der Waals surface area contributed by atoms with Crippen LogP contribution in [0.3, 0.4) is 0 Å². The van der Waals surface area contributed by atoms with Gasteiger partial charge in [-0.15, -0.1) is 0 Å². The molecule has 4 heteroatoms. The smallest absolute Gasteiger partial charge is 0.147 e. The number of para-hydroxylation sites is 2. The van der Waals surface area contributed by atoms with E-state index in [-0.39, 0.29) is 11.9 Å². The van der Waals surface area contributed by atoms with Gasteiger partial charge in [0.1, 0.15) is 17.7 Å². The zero-order valence-corrected chi connectivity index (χ0v) is 11.8. The van der Waals surface area contributed by atoms with Gasteiger partial charge in [-0.05, 0) is 39.7 Å². The summed E-state index contributed by atoms with van der Waals surface area (Å²) >= 11 is 3.34. The number of nitrogens with one attached hydrogen (secondary N) is 1. The summed E-state index contributed by atoms with van der Waals surface area (Å²) in [6, 6.07) is 12.9. The molecule has 0 amide bonds. The van der Waals surface area contributed by atoms with Crippen molar-refractivity contribution in [3.8, 4) is 5.75 Å². The Labute approximate surface area is 119 Å². The van der Waals surface area contributed by atoms with Crippen molar-refractivity contribution in [2.45, 2.75) is 12.5 Å². The van der Waals surface area contributed by atoms with Crippen LogP contribution in [0.1, 0.15) is 5.56 Å². The summed E-state index contributed by atoms with van der Waals surface area (Å²) in [7, 11) is 0. The number of fused-ring (bicyclic) bond motifs is 1. The number of benzene rings is 2. The number of rotatable bonds is 3. The van der Waals surface area contributed by atoms with Crippen LogP contribution in [0.5, 0.6) is 5.75 Å². The van der Waals surface area contributed by atoms with Gasteiger partial charge in [-0.25, -0.2) is 4.39 Å². The molecule has 0 spiro atoms. The molecule has 1 aliphatic heterocycles. The molecule has 0 saturated carbocycles. The number of hydrogen-bond donors (Lipinski definition) is 1. The van der Waals surface area contributed by atoms with E-state index in [1.807, 2.05) is 24.3 Å². The summed E-state index contributed by atoms with van der Waals surface area (Å²) in [6.07, 6.45) is 0.902. The first-order valence-corrected chi connectivity index (χ1v) is 6.96. The molecule has 1 atom stereocenters. The third kappa shape index (κ3) is 2.59. The largest absolute Gasteiger partial charge is 0.488 e. The van der Waals surface area contributed by atoms with E-state index in [4.69, 9.17) is 4.74 Å². The summed E-state index contributed by atoms with van der Waals surface area (Å²) in [6.45, 7) is 0.578. The maximum Gasteiger partial charge on any atom is 0.147 e. The second-order valence-corrected chi connectivity index (χ2v) is 5.38. The van der Waals surface area contributed by atoms with E-state index in [1.54, 1.807) is 6.07 Å². The van der Waals surface area contributed by atoms with Gasteiger partial charge in [-0.1, -0.05) is 24.3 Å². The summed E-state index contributed by atoms with van der Waals surface area (Å²) in [5.41, 5.74) is 1.70. The molecule has 0 bridgehead atoms. The van der Waals surface area contributed by atoms with Crippen molar-refractivity contribution >= 4 is 21.6 Å². The summed E-state index contributed by atoms with van der Waals surface area (Å²) in [5.74, 6) is 0.673. The van der Waals surface area contributed by atoms with Crippen LogP contribution in [-0.4, -0.2) is 12.6 Å². The summed E-state index contributed by atoms with van der Waals surface area (Å²) < 4.78 is 20.2. The van der Waals surface area contributed by atoms with Crippen molar-refractivity contribution in [2.24, 2.45) is 0 Å². The van der Waals surface area contributed by atoms with E-state index in [0.717, 1.165) is 16.6 Å². The lowest BCUT2D eigenvalue weighted by molar-refractivity contribution is 0.246. The van der Waals surface area contributed by atoms with Crippen molar-refractivity contribution in [1.82, 2.24) is 0 Å². The highest BCUT2D eigenvalue weighted by Crippen LogP contribution is 2.29. The van der Waals surface area contributed by atoms with E-state index in [9.17, 15) is 4.39 Å². The maximum atomic E-state index is 13.7. The summed E-state index contributed by atoms with van der Waals surface area (Å²) in [4.78, 5) is 0. The second-order valence-electron chi connectivity index (χ2n) is 4.53. The van der Waals surface area contributed by atoms with E-state index in [1.165, 1.54) is 11.6 Å². The Hall–Kier alpha value is -1.55. The minimum absolute atomic E-state index is 0.0453. The van der Waals surface area contributed by atoms with Crippen LogP contribution in [-0.2, 0) is 6.42 Å². The van der Waals surface area contributed by atoms with Crippen molar-refractivity contribution in [3.63, 3.8) is 0 Å². The molecule has 2 aromatic rings. The van der Waals surface area contributed by atoms with Gasteiger partial charge < -0.3 is 10.1 Å². The molecule has 98 valence electrons. The molecule has 2 nitrogen and oxygen atoms in total. The topological polar surface area (TPSA) is 21.3 Å². The third-order valence-corrected chi connectivity index (χ3v) is 3.84. The predicted octanol–water partition coefficient (Wildman–Crippen LogP) is 4.00. The Morgan fingerprint density at radius 1 is 1.21 bits per heavy atom. The minimum atomic E-state index is -0.259. The lowest BCUT2D eigenvalue weighted by Gasteiger charge is -2.14. The molecule has 1 unspecified atom stereocenters. The van der Waals surface area contributed by atoms with Gasteiger partial charge in [0.15, 0.2) is 0 Å². The average molecular weight is 322 g/mol. The van der Waals surface area contributed by atoms with Gasteiger partial charge in [0.2, 0.25) is 0 Å². The highest BCUT2D eigenvalue weighted by atomic mass is 79.9. The van der Waals surface area contributed by atoms with Gasteiger partial charge >= 0.3 is 0 Å². The third-order valence-electron chi connectivity index (χ3n) is 3.18. The lowest BCUT2D eigenvalue weighted by Crippen LogP contribution is -2.24. The van der Waals surface area contributed by atoms with Gasteiger partial charge in [0.05, 0.1) is 12.2 Å². The zero-order chi connectivity index (χ0) is 13.2. The fraction of sp³-hybridized carbons (Fsp3) is 0.200. The van der Waals surface area contributed by atoms with E-state index < -0.39 is 0 Å². The number of halogens is 2. The van der Waals surface area contributed by atoms with Crippen molar-refractivity contribution in [2.75, 3.05) is 11.9 Å². The molecule has 0 aromatic heterocycles. The fourth-order valence-electron chi connectivity index (χ4n) is 2.25. The van der Waals surface area contributed by atoms with Gasteiger partial charge in [-0.3, -0.25) is 0 Å². The SMILES string of the molecule is Fc1cccc(Br)c1NCC1Cc2ccccc2O1. The zero-order valence-electron chi connectivity index (χ0n) is 10.2. The first kappa shape index (κ1) is 12.5. The number of ether oxygens (including phenoxy) is 1. The molecular formula is C15H13BrFNO. The van der Waals surface area contributed by atoms with Crippen LogP contribution in [0.2, 0.25) is 0 Å².